The van der Waals surface area contributed by atoms with Gasteiger partial charge in [0, 0.05) is 0 Å². The summed E-state index contributed by atoms with van der Waals surface area (Å²) in [5.74, 6) is 1.59. The summed E-state index contributed by atoms with van der Waals surface area (Å²) >= 11 is 0. The summed E-state index contributed by atoms with van der Waals surface area (Å²) in [7, 11) is 0. The molecule has 1 atom stereocenters. The van der Waals surface area contributed by atoms with Crippen LogP contribution in [0.25, 0.3) is 0 Å². The van der Waals surface area contributed by atoms with Crippen LogP contribution in [-0.4, -0.2) is 6.10 Å². The molecule has 0 aliphatic heterocycles. The molecule has 0 N–H and O–H groups in total. The first-order valence-corrected chi connectivity index (χ1v) is 7.09. The van der Waals surface area contributed by atoms with Crippen LogP contribution in [0.15, 0.2) is 36.4 Å². The summed E-state index contributed by atoms with van der Waals surface area (Å²) in [6.07, 6.45) is 8.22. The largest absolute Gasteiger partial charge is 0.491 e. The molecule has 0 saturated heterocycles. The summed E-state index contributed by atoms with van der Waals surface area (Å²) in [6.45, 7) is 8.54. The van der Waals surface area contributed by atoms with Crippen LogP contribution in [-0.2, 0) is 0 Å². The van der Waals surface area contributed by atoms with Crippen molar-refractivity contribution in [3.63, 3.8) is 0 Å². The fourth-order valence-electron chi connectivity index (χ4n) is 2.06. The minimum absolute atomic E-state index is 0.241. The SMILES string of the molecule is CC/C=C\CC(CC)c1ccc(OC(C)C)cc1. The summed E-state index contributed by atoms with van der Waals surface area (Å²) < 4.78 is 5.67. The van der Waals surface area contributed by atoms with E-state index >= 15 is 0 Å². The molecule has 1 nitrogen and oxygen atoms in total. The maximum atomic E-state index is 5.67. The van der Waals surface area contributed by atoms with Crippen LogP contribution in [0.2, 0.25) is 0 Å². The van der Waals surface area contributed by atoms with Crippen LogP contribution >= 0.6 is 0 Å². The lowest BCUT2D eigenvalue weighted by Gasteiger charge is -2.15. The fraction of sp³-hybridized carbons (Fsp3) is 0.529. The summed E-state index contributed by atoms with van der Waals surface area (Å²) in [6, 6.07) is 8.57. The fourth-order valence-corrected chi connectivity index (χ4v) is 2.06. The van der Waals surface area contributed by atoms with Gasteiger partial charge in [0.1, 0.15) is 5.75 Å². The normalized spacial score (nSPS) is 13.2. The third-order valence-electron chi connectivity index (χ3n) is 3.04. The summed E-state index contributed by atoms with van der Waals surface area (Å²) in [4.78, 5) is 0. The van der Waals surface area contributed by atoms with E-state index in [2.05, 4.69) is 64.1 Å². The van der Waals surface area contributed by atoms with Crippen LogP contribution in [0.5, 0.6) is 5.75 Å². The highest BCUT2D eigenvalue weighted by Gasteiger charge is 2.07. The molecule has 0 aliphatic carbocycles. The molecule has 1 aromatic carbocycles. The molecular weight excluding hydrogens is 220 g/mol. The topological polar surface area (TPSA) is 9.23 Å². The molecule has 0 heterocycles. The van der Waals surface area contributed by atoms with Gasteiger partial charge in [0.2, 0.25) is 0 Å². The van der Waals surface area contributed by atoms with Crippen LogP contribution < -0.4 is 4.74 Å². The van der Waals surface area contributed by atoms with Gasteiger partial charge in [0.05, 0.1) is 6.10 Å². The van der Waals surface area contributed by atoms with Crippen molar-refractivity contribution in [3.05, 3.63) is 42.0 Å². The van der Waals surface area contributed by atoms with Gasteiger partial charge in [-0.25, -0.2) is 0 Å². The Morgan fingerprint density at radius 1 is 1.06 bits per heavy atom. The van der Waals surface area contributed by atoms with E-state index in [0.717, 1.165) is 18.6 Å². The Bertz CT molecular complexity index is 348. The van der Waals surface area contributed by atoms with Gasteiger partial charge in [-0.3, -0.25) is 0 Å². The minimum atomic E-state index is 0.241. The third-order valence-corrected chi connectivity index (χ3v) is 3.04. The first-order valence-electron chi connectivity index (χ1n) is 7.09. The Balaban J connectivity index is 2.66. The molecular formula is C17H26O. The van der Waals surface area contributed by atoms with E-state index in [1.165, 1.54) is 12.0 Å². The Morgan fingerprint density at radius 3 is 2.22 bits per heavy atom. The second-order valence-corrected chi connectivity index (χ2v) is 4.96. The monoisotopic (exact) mass is 246 g/mol. The Kier molecular flexibility index (Phi) is 6.56. The highest BCUT2D eigenvalue weighted by atomic mass is 16.5. The van der Waals surface area contributed by atoms with E-state index in [1.54, 1.807) is 0 Å². The van der Waals surface area contributed by atoms with Crippen LogP contribution in [0.3, 0.4) is 0 Å². The highest BCUT2D eigenvalue weighted by Crippen LogP contribution is 2.26. The Morgan fingerprint density at radius 2 is 1.72 bits per heavy atom. The van der Waals surface area contributed by atoms with Crippen molar-refractivity contribution < 1.29 is 4.74 Å². The average molecular weight is 246 g/mol. The van der Waals surface area contributed by atoms with E-state index in [9.17, 15) is 0 Å². The van der Waals surface area contributed by atoms with Crippen LogP contribution in [0.4, 0.5) is 0 Å². The molecule has 1 aromatic rings. The van der Waals surface area contributed by atoms with Crippen LogP contribution in [0.1, 0.15) is 58.4 Å². The quantitative estimate of drug-likeness (QED) is 0.591. The summed E-state index contributed by atoms with van der Waals surface area (Å²) in [5.41, 5.74) is 1.41. The average Bonchev–Trinajstić information content (AvgIpc) is 2.35. The number of rotatable bonds is 7. The lowest BCUT2D eigenvalue weighted by atomic mass is 9.93. The second kappa shape index (κ2) is 7.97. The van der Waals surface area contributed by atoms with Gasteiger partial charge in [-0.1, -0.05) is 38.1 Å². The first kappa shape index (κ1) is 14.8. The maximum Gasteiger partial charge on any atom is 0.119 e. The van der Waals surface area contributed by atoms with E-state index in [0.29, 0.717) is 5.92 Å². The van der Waals surface area contributed by atoms with Gasteiger partial charge in [0.25, 0.3) is 0 Å². The van der Waals surface area contributed by atoms with Gasteiger partial charge >= 0.3 is 0 Å². The molecule has 1 unspecified atom stereocenters. The van der Waals surface area contributed by atoms with E-state index in [-0.39, 0.29) is 6.10 Å². The Hall–Kier alpha value is -1.24. The minimum Gasteiger partial charge on any atom is -0.491 e. The highest BCUT2D eigenvalue weighted by molar-refractivity contribution is 5.30. The molecule has 0 radical (unpaired) electrons. The molecule has 100 valence electrons. The molecule has 1 heteroatoms. The number of allylic oxidation sites excluding steroid dienone is 2. The van der Waals surface area contributed by atoms with Crippen molar-refractivity contribution in [2.24, 2.45) is 0 Å². The molecule has 0 spiro atoms. The first-order chi connectivity index (χ1) is 8.67. The molecule has 0 bridgehead atoms. The third kappa shape index (κ3) is 4.95. The second-order valence-electron chi connectivity index (χ2n) is 4.96. The number of ether oxygens (including phenoxy) is 1. The van der Waals surface area contributed by atoms with Crippen LogP contribution in [0, 0.1) is 0 Å². The lowest BCUT2D eigenvalue weighted by Crippen LogP contribution is -2.05. The molecule has 0 saturated carbocycles. The predicted molar refractivity (Wildman–Crippen MR) is 79.3 cm³/mol. The van der Waals surface area contributed by atoms with Crippen molar-refractivity contribution >= 4 is 0 Å². The molecule has 0 aliphatic rings. The zero-order chi connectivity index (χ0) is 13.4. The lowest BCUT2D eigenvalue weighted by molar-refractivity contribution is 0.242. The molecule has 0 aromatic heterocycles. The van der Waals surface area contributed by atoms with Crippen molar-refractivity contribution in [2.75, 3.05) is 0 Å². The molecule has 18 heavy (non-hydrogen) atoms. The number of hydrogen-bond acceptors (Lipinski definition) is 1. The summed E-state index contributed by atoms with van der Waals surface area (Å²) in [5, 5.41) is 0. The van der Waals surface area contributed by atoms with E-state index < -0.39 is 0 Å². The van der Waals surface area contributed by atoms with Crippen molar-refractivity contribution in [1.82, 2.24) is 0 Å². The Labute approximate surface area is 112 Å². The number of hydrogen-bond donors (Lipinski definition) is 0. The molecule has 1 rings (SSSR count). The van der Waals surface area contributed by atoms with Crippen molar-refractivity contribution in [3.8, 4) is 5.75 Å². The van der Waals surface area contributed by atoms with Gasteiger partial charge < -0.3 is 4.74 Å². The van der Waals surface area contributed by atoms with Crippen molar-refractivity contribution in [1.29, 1.82) is 0 Å². The maximum absolute atomic E-state index is 5.67. The van der Waals surface area contributed by atoms with Gasteiger partial charge in [0.15, 0.2) is 0 Å². The van der Waals surface area contributed by atoms with E-state index in [1.807, 2.05) is 0 Å². The smallest absolute Gasteiger partial charge is 0.119 e. The standard InChI is InChI=1S/C17H26O/c1-5-7-8-9-15(6-2)16-10-12-17(13-11-16)18-14(3)4/h7-8,10-15H,5-6,9H2,1-4H3/b8-7-. The molecule has 0 amide bonds. The zero-order valence-corrected chi connectivity index (χ0v) is 12.1. The van der Waals surface area contributed by atoms with Gasteiger partial charge in [-0.15, -0.1) is 0 Å². The zero-order valence-electron chi connectivity index (χ0n) is 12.1. The predicted octanol–water partition coefficient (Wildman–Crippen LogP) is 5.32. The van der Waals surface area contributed by atoms with Gasteiger partial charge in [-0.05, 0) is 56.7 Å². The van der Waals surface area contributed by atoms with Crippen molar-refractivity contribution in [2.45, 2.75) is 59.0 Å². The van der Waals surface area contributed by atoms with E-state index in [4.69, 9.17) is 4.74 Å². The molecule has 0 fully saturated rings. The number of benzene rings is 1. The van der Waals surface area contributed by atoms with Gasteiger partial charge in [-0.2, -0.15) is 0 Å².